The fraction of sp³-hybridized carbons (Fsp3) is 0.818. The van der Waals surface area contributed by atoms with Crippen LogP contribution < -0.4 is 10.6 Å². The minimum absolute atomic E-state index is 0.0106. The number of hydrogen-bond donors (Lipinski definition) is 3. The Balaban J connectivity index is 2.27. The summed E-state index contributed by atoms with van der Waals surface area (Å²) in [5, 5.41) is 14.4. The standard InChI is InChI=1S/C11H20N2O4/c1-11(2,10(15)16)12-7-9(14)13-8-3-5-17-6-4-8/h8,12H,3-7H2,1-2H3,(H,13,14)(H,15,16). The molecule has 6 nitrogen and oxygen atoms in total. The number of carboxylic acid groups (broad SMARTS) is 1. The molecular formula is C11H20N2O4. The van der Waals surface area contributed by atoms with Crippen molar-refractivity contribution in [2.24, 2.45) is 0 Å². The van der Waals surface area contributed by atoms with Crippen molar-refractivity contribution < 1.29 is 19.4 Å². The molecule has 1 saturated heterocycles. The van der Waals surface area contributed by atoms with E-state index in [0.717, 1.165) is 12.8 Å². The molecule has 0 atom stereocenters. The monoisotopic (exact) mass is 244 g/mol. The van der Waals surface area contributed by atoms with Gasteiger partial charge in [0.1, 0.15) is 5.54 Å². The maximum absolute atomic E-state index is 11.6. The van der Waals surface area contributed by atoms with Crippen LogP contribution in [0.4, 0.5) is 0 Å². The lowest BCUT2D eigenvalue weighted by Crippen LogP contribution is -2.52. The van der Waals surface area contributed by atoms with Gasteiger partial charge in [-0.3, -0.25) is 14.9 Å². The Hall–Kier alpha value is -1.14. The highest BCUT2D eigenvalue weighted by molar-refractivity contribution is 5.81. The first kappa shape index (κ1) is 13.9. The van der Waals surface area contributed by atoms with E-state index in [1.165, 1.54) is 13.8 Å². The van der Waals surface area contributed by atoms with Crippen molar-refractivity contribution in [3.63, 3.8) is 0 Å². The van der Waals surface area contributed by atoms with Gasteiger partial charge in [-0.2, -0.15) is 0 Å². The Bertz CT molecular complexity index is 285. The lowest BCUT2D eigenvalue weighted by atomic mass is 10.1. The van der Waals surface area contributed by atoms with Crippen molar-refractivity contribution in [3.05, 3.63) is 0 Å². The first-order valence-corrected chi connectivity index (χ1v) is 5.77. The molecule has 1 heterocycles. The molecule has 6 heteroatoms. The molecule has 0 aromatic carbocycles. The number of hydrogen-bond acceptors (Lipinski definition) is 4. The minimum atomic E-state index is -1.09. The van der Waals surface area contributed by atoms with Crippen LogP contribution >= 0.6 is 0 Å². The fourth-order valence-corrected chi connectivity index (χ4v) is 1.50. The summed E-state index contributed by atoms with van der Waals surface area (Å²) < 4.78 is 5.18. The molecule has 1 fully saturated rings. The molecule has 1 aliphatic rings. The van der Waals surface area contributed by atoms with Crippen molar-refractivity contribution in [1.82, 2.24) is 10.6 Å². The van der Waals surface area contributed by atoms with Gasteiger partial charge in [0.2, 0.25) is 5.91 Å². The molecule has 17 heavy (non-hydrogen) atoms. The van der Waals surface area contributed by atoms with Crippen LogP contribution in [0.25, 0.3) is 0 Å². The molecule has 0 aromatic rings. The largest absolute Gasteiger partial charge is 0.480 e. The maximum Gasteiger partial charge on any atom is 0.323 e. The summed E-state index contributed by atoms with van der Waals surface area (Å²) in [6.45, 7) is 4.39. The molecule has 0 radical (unpaired) electrons. The van der Waals surface area contributed by atoms with Gasteiger partial charge in [-0.15, -0.1) is 0 Å². The highest BCUT2D eigenvalue weighted by atomic mass is 16.5. The van der Waals surface area contributed by atoms with Crippen LogP contribution in [0.3, 0.4) is 0 Å². The molecule has 0 aromatic heterocycles. The number of rotatable bonds is 5. The number of aliphatic carboxylic acids is 1. The van der Waals surface area contributed by atoms with Crippen LogP contribution in [0.5, 0.6) is 0 Å². The molecule has 98 valence electrons. The predicted molar refractivity (Wildman–Crippen MR) is 61.7 cm³/mol. The van der Waals surface area contributed by atoms with Crippen LogP contribution in [-0.4, -0.2) is 48.3 Å². The molecule has 0 unspecified atom stereocenters. The van der Waals surface area contributed by atoms with Gasteiger partial charge >= 0.3 is 5.97 Å². The van der Waals surface area contributed by atoms with Crippen LogP contribution in [0.2, 0.25) is 0 Å². The second-order valence-corrected chi connectivity index (χ2v) is 4.74. The topological polar surface area (TPSA) is 87.7 Å². The van der Waals surface area contributed by atoms with Crippen molar-refractivity contribution >= 4 is 11.9 Å². The number of carbonyl (C=O) groups is 2. The van der Waals surface area contributed by atoms with E-state index in [1.807, 2.05) is 0 Å². The third-order valence-electron chi connectivity index (χ3n) is 2.81. The van der Waals surface area contributed by atoms with Gasteiger partial charge in [0.25, 0.3) is 0 Å². The summed E-state index contributed by atoms with van der Waals surface area (Å²) in [4.78, 5) is 22.4. The number of amides is 1. The molecule has 0 bridgehead atoms. The summed E-state index contributed by atoms with van der Waals surface area (Å²) >= 11 is 0. The van der Waals surface area contributed by atoms with Gasteiger partial charge in [-0.1, -0.05) is 0 Å². The molecule has 0 spiro atoms. The van der Waals surface area contributed by atoms with E-state index in [-0.39, 0.29) is 18.5 Å². The zero-order chi connectivity index (χ0) is 12.9. The SMILES string of the molecule is CC(C)(NCC(=O)NC1CCOCC1)C(=O)O. The van der Waals surface area contributed by atoms with Gasteiger partial charge in [-0.25, -0.2) is 0 Å². The Labute approximate surface area is 101 Å². The number of carboxylic acids is 1. The molecule has 3 N–H and O–H groups in total. The summed E-state index contributed by atoms with van der Waals surface area (Å²) in [6, 6.07) is 0.144. The van der Waals surface area contributed by atoms with E-state index in [2.05, 4.69) is 10.6 Å². The summed E-state index contributed by atoms with van der Waals surface area (Å²) in [5.74, 6) is -1.15. The zero-order valence-corrected chi connectivity index (χ0v) is 10.3. The number of ether oxygens (including phenoxy) is 1. The van der Waals surface area contributed by atoms with Crippen molar-refractivity contribution in [2.45, 2.75) is 38.3 Å². The average Bonchev–Trinajstić information content (AvgIpc) is 2.28. The molecule has 1 amide bonds. The minimum Gasteiger partial charge on any atom is -0.480 e. The lowest BCUT2D eigenvalue weighted by Gasteiger charge is -2.25. The van der Waals surface area contributed by atoms with Crippen molar-refractivity contribution in [1.29, 1.82) is 0 Å². The zero-order valence-electron chi connectivity index (χ0n) is 10.3. The van der Waals surface area contributed by atoms with E-state index in [0.29, 0.717) is 13.2 Å². The van der Waals surface area contributed by atoms with Gasteiger partial charge in [0, 0.05) is 19.3 Å². The third-order valence-corrected chi connectivity index (χ3v) is 2.81. The predicted octanol–water partition coefficient (Wildman–Crippen LogP) is -0.266. The van der Waals surface area contributed by atoms with E-state index >= 15 is 0 Å². The van der Waals surface area contributed by atoms with E-state index in [1.54, 1.807) is 0 Å². The summed E-state index contributed by atoms with van der Waals surface area (Å²) in [5.41, 5.74) is -1.09. The van der Waals surface area contributed by atoms with Crippen molar-refractivity contribution in [3.8, 4) is 0 Å². The van der Waals surface area contributed by atoms with Gasteiger partial charge in [-0.05, 0) is 26.7 Å². The molecule has 1 aliphatic heterocycles. The summed E-state index contributed by atoms with van der Waals surface area (Å²) in [6.07, 6.45) is 1.63. The highest BCUT2D eigenvalue weighted by Gasteiger charge is 2.27. The van der Waals surface area contributed by atoms with Crippen LogP contribution in [0.1, 0.15) is 26.7 Å². The number of carbonyl (C=O) groups excluding carboxylic acids is 1. The molecule has 0 saturated carbocycles. The molecule has 0 aliphatic carbocycles. The second kappa shape index (κ2) is 5.97. The average molecular weight is 244 g/mol. The molecular weight excluding hydrogens is 224 g/mol. The van der Waals surface area contributed by atoms with E-state index in [4.69, 9.17) is 9.84 Å². The first-order valence-electron chi connectivity index (χ1n) is 5.77. The van der Waals surface area contributed by atoms with E-state index < -0.39 is 11.5 Å². The molecule has 1 rings (SSSR count). The lowest BCUT2D eigenvalue weighted by molar-refractivity contribution is -0.143. The first-order chi connectivity index (χ1) is 7.92. The van der Waals surface area contributed by atoms with Crippen LogP contribution in [-0.2, 0) is 14.3 Å². The third kappa shape index (κ3) is 4.70. The smallest absolute Gasteiger partial charge is 0.323 e. The van der Waals surface area contributed by atoms with Gasteiger partial charge < -0.3 is 15.2 Å². The quantitative estimate of drug-likeness (QED) is 0.620. The maximum atomic E-state index is 11.6. The Morgan fingerprint density at radius 2 is 1.94 bits per heavy atom. The number of nitrogens with one attached hydrogen (secondary N) is 2. The highest BCUT2D eigenvalue weighted by Crippen LogP contribution is 2.06. The summed E-state index contributed by atoms with van der Waals surface area (Å²) in [7, 11) is 0. The van der Waals surface area contributed by atoms with Crippen LogP contribution in [0.15, 0.2) is 0 Å². The fourth-order valence-electron chi connectivity index (χ4n) is 1.50. The Morgan fingerprint density at radius 3 is 2.47 bits per heavy atom. The van der Waals surface area contributed by atoms with Crippen molar-refractivity contribution in [2.75, 3.05) is 19.8 Å². The van der Waals surface area contributed by atoms with E-state index in [9.17, 15) is 9.59 Å². The van der Waals surface area contributed by atoms with Gasteiger partial charge in [0.15, 0.2) is 0 Å². The van der Waals surface area contributed by atoms with Crippen LogP contribution in [0, 0.1) is 0 Å². The Morgan fingerprint density at radius 1 is 1.35 bits per heavy atom. The van der Waals surface area contributed by atoms with Gasteiger partial charge in [0.05, 0.1) is 6.54 Å². The normalized spacial score (nSPS) is 17.8. The second-order valence-electron chi connectivity index (χ2n) is 4.74. The Kier molecular flexibility index (Phi) is 4.89.